The number of nitrogens with one attached hydrogen (secondary N) is 2. The van der Waals surface area contributed by atoms with Crippen LogP contribution in [0.1, 0.15) is 30.9 Å². The molecule has 4 nitrogen and oxygen atoms in total. The van der Waals surface area contributed by atoms with Crippen molar-refractivity contribution in [2.45, 2.75) is 26.3 Å². The van der Waals surface area contributed by atoms with Crippen LogP contribution in [0, 0.1) is 0 Å². The van der Waals surface area contributed by atoms with Gasteiger partial charge in [0.05, 0.1) is 6.33 Å². The van der Waals surface area contributed by atoms with Crippen LogP contribution in [0.5, 0.6) is 0 Å². The largest absolute Gasteiger partial charge is 0.358 e. The average Bonchev–Trinajstić information content (AvgIpc) is 3.15. The molecule has 0 aliphatic carbocycles. The molecule has 3 rings (SSSR count). The van der Waals surface area contributed by atoms with E-state index in [1.807, 2.05) is 10.8 Å². The molecular formula is C20H22N4S. The Morgan fingerprint density at radius 1 is 1.08 bits per heavy atom. The summed E-state index contributed by atoms with van der Waals surface area (Å²) < 4.78 is 1.98. The number of nitrogens with zero attached hydrogens (tertiary/aromatic N) is 2. The van der Waals surface area contributed by atoms with Crippen molar-refractivity contribution in [1.29, 1.82) is 0 Å². The Kier molecular flexibility index (Phi) is 5.46. The summed E-state index contributed by atoms with van der Waals surface area (Å²) in [6.07, 6.45) is 5.49. The van der Waals surface area contributed by atoms with Crippen LogP contribution in [0.3, 0.4) is 0 Å². The maximum atomic E-state index is 5.38. The molecule has 0 saturated heterocycles. The van der Waals surface area contributed by atoms with E-state index in [1.165, 1.54) is 11.1 Å². The molecule has 0 saturated carbocycles. The molecule has 2 aromatic carbocycles. The molecule has 0 unspecified atom stereocenters. The van der Waals surface area contributed by atoms with Gasteiger partial charge in [-0.05, 0) is 53.5 Å². The lowest BCUT2D eigenvalue weighted by Gasteiger charge is -2.12. The lowest BCUT2D eigenvalue weighted by Crippen LogP contribution is -2.27. The van der Waals surface area contributed by atoms with Gasteiger partial charge in [-0.2, -0.15) is 0 Å². The first-order chi connectivity index (χ1) is 12.1. The Hall–Kier alpha value is -2.66. The molecule has 5 heteroatoms. The Labute approximate surface area is 153 Å². The van der Waals surface area contributed by atoms with Crippen molar-refractivity contribution in [1.82, 2.24) is 14.9 Å². The quantitative estimate of drug-likeness (QED) is 0.666. The normalized spacial score (nSPS) is 10.7. The highest BCUT2D eigenvalue weighted by molar-refractivity contribution is 7.80. The molecule has 25 heavy (non-hydrogen) atoms. The van der Waals surface area contributed by atoms with Crippen LogP contribution in [-0.4, -0.2) is 14.7 Å². The predicted octanol–water partition coefficient (Wildman–Crippen LogP) is 4.48. The van der Waals surface area contributed by atoms with Crippen molar-refractivity contribution in [2.24, 2.45) is 0 Å². The topological polar surface area (TPSA) is 41.9 Å². The van der Waals surface area contributed by atoms with Gasteiger partial charge in [0.15, 0.2) is 5.11 Å². The second-order valence-electron chi connectivity index (χ2n) is 6.22. The summed E-state index contributed by atoms with van der Waals surface area (Å²) in [5, 5.41) is 7.08. The van der Waals surface area contributed by atoms with E-state index in [0.29, 0.717) is 17.6 Å². The van der Waals surface area contributed by atoms with Gasteiger partial charge in [-0.1, -0.05) is 38.1 Å². The lowest BCUT2D eigenvalue weighted by molar-refractivity contribution is 0.867. The highest BCUT2D eigenvalue weighted by Gasteiger charge is 2.02. The van der Waals surface area contributed by atoms with Crippen LogP contribution < -0.4 is 10.6 Å². The lowest BCUT2D eigenvalue weighted by atomic mass is 10.0. The monoisotopic (exact) mass is 350 g/mol. The van der Waals surface area contributed by atoms with Gasteiger partial charge in [0, 0.05) is 30.3 Å². The zero-order valence-corrected chi connectivity index (χ0v) is 15.3. The van der Waals surface area contributed by atoms with E-state index in [9.17, 15) is 0 Å². The van der Waals surface area contributed by atoms with Gasteiger partial charge in [-0.25, -0.2) is 4.98 Å². The second-order valence-corrected chi connectivity index (χ2v) is 6.63. The third kappa shape index (κ3) is 4.67. The van der Waals surface area contributed by atoms with E-state index in [-0.39, 0.29) is 0 Å². The number of hydrogen-bond acceptors (Lipinski definition) is 2. The number of imidazole rings is 1. The van der Waals surface area contributed by atoms with Crippen molar-refractivity contribution in [3.05, 3.63) is 78.4 Å². The zero-order valence-electron chi connectivity index (χ0n) is 14.4. The van der Waals surface area contributed by atoms with Crippen LogP contribution in [0.25, 0.3) is 5.69 Å². The number of rotatable bonds is 5. The summed E-state index contributed by atoms with van der Waals surface area (Å²) >= 11 is 5.38. The van der Waals surface area contributed by atoms with Crippen molar-refractivity contribution in [3.8, 4) is 5.69 Å². The highest BCUT2D eigenvalue weighted by Crippen LogP contribution is 2.17. The Bertz CT molecular complexity index is 806. The molecule has 1 aromatic heterocycles. The first-order valence-corrected chi connectivity index (χ1v) is 8.75. The van der Waals surface area contributed by atoms with Crippen molar-refractivity contribution in [2.75, 3.05) is 5.32 Å². The van der Waals surface area contributed by atoms with E-state index in [1.54, 1.807) is 12.5 Å². The number of benzene rings is 2. The molecule has 0 fully saturated rings. The fourth-order valence-electron chi connectivity index (χ4n) is 2.51. The Morgan fingerprint density at radius 2 is 1.80 bits per heavy atom. The predicted molar refractivity (Wildman–Crippen MR) is 107 cm³/mol. The average molecular weight is 350 g/mol. The molecule has 1 heterocycles. The van der Waals surface area contributed by atoms with Gasteiger partial charge < -0.3 is 15.2 Å². The summed E-state index contributed by atoms with van der Waals surface area (Å²) in [5.41, 5.74) is 4.58. The van der Waals surface area contributed by atoms with Gasteiger partial charge in [0.25, 0.3) is 0 Å². The number of thiocarbonyl (C=S) groups is 1. The minimum atomic E-state index is 0.532. The summed E-state index contributed by atoms with van der Waals surface area (Å²) in [4.78, 5) is 4.06. The van der Waals surface area contributed by atoms with Crippen LogP contribution in [0.2, 0.25) is 0 Å². The van der Waals surface area contributed by atoms with Gasteiger partial charge in [0.1, 0.15) is 0 Å². The van der Waals surface area contributed by atoms with E-state index >= 15 is 0 Å². The Morgan fingerprint density at radius 3 is 2.40 bits per heavy atom. The maximum Gasteiger partial charge on any atom is 0.171 e. The van der Waals surface area contributed by atoms with E-state index in [0.717, 1.165) is 11.4 Å². The van der Waals surface area contributed by atoms with Crippen molar-refractivity contribution in [3.63, 3.8) is 0 Å². The highest BCUT2D eigenvalue weighted by atomic mass is 32.1. The third-order valence-corrected chi connectivity index (χ3v) is 4.27. The third-order valence-electron chi connectivity index (χ3n) is 4.03. The minimum Gasteiger partial charge on any atom is -0.358 e. The summed E-state index contributed by atoms with van der Waals surface area (Å²) in [6, 6.07) is 16.7. The fourth-order valence-corrected chi connectivity index (χ4v) is 2.70. The number of aromatic nitrogens is 2. The number of hydrogen-bond donors (Lipinski definition) is 2. The van der Waals surface area contributed by atoms with Gasteiger partial charge >= 0.3 is 0 Å². The smallest absolute Gasteiger partial charge is 0.171 e. The van der Waals surface area contributed by atoms with E-state index in [4.69, 9.17) is 12.2 Å². The molecule has 2 N–H and O–H groups in total. The molecule has 0 radical (unpaired) electrons. The van der Waals surface area contributed by atoms with Crippen LogP contribution >= 0.6 is 12.2 Å². The summed E-state index contributed by atoms with van der Waals surface area (Å²) in [5.74, 6) is 0.532. The first-order valence-electron chi connectivity index (χ1n) is 8.34. The van der Waals surface area contributed by atoms with E-state index < -0.39 is 0 Å². The van der Waals surface area contributed by atoms with Crippen LogP contribution in [0.15, 0.2) is 67.3 Å². The molecular weight excluding hydrogens is 328 g/mol. The SMILES string of the molecule is CC(C)c1ccc(NC(=S)NCc2ccc(-n3ccnc3)cc2)cc1. The first kappa shape index (κ1) is 17.2. The molecule has 0 amide bonds. The van der Waals surface area contributed by atoms with Crippen LogP contribution in [-0.2, 0) is 6.54 Å². The van der Waals surface area contributed by atoms with Crippen molar-refractivity contribution < 1.29 is 0 Å². The molecule has 0 spiro atoms. The maximum absolute atomic E-state index is 5.38. The molecule has 128 valence electrons. The van der Waals surface area contributed by atoms with E-state index in [2.05, 4.69) is 78.0 Å². The molecule has 0 bridgehead atoms. The van der Waals surface area contributed by atoms with Crippen LogP contribution in [0.4, 0.5) is 5.69 Å². The summed E-state index contributed by atoms with van der Waals surface area (Å²) in [7, 11) is 0. The molecule has 0 aliphatic rings. The number of anilines is 1. The standard InChI is InChI=1S/C20H22N4S/c1-15(2)17-5-7-18(8-6-17)23-20(25)22-13-16-3-9-19(10-4-16)24-12-11-21-14-24/h3-12,14-15H,13H2,1-2H3,(H2,22,23,25). The second kappa shape index (κ2) is 7.94. The van der Waals surface area contributed by atoms with Gasteiger partial charge in [-0.15, -0.1) is 0 Å². The summed E-state index contributed by atoms with van der Waals surface area (Å²) in [6.45, 7) is 5.06. The minimum absolute atomic E-state index is 0.532. The molecule has 0 atom stereocenters. The Balaban J connectivity index is 1.52. The van der Waals surface area contributed by atoms with Crippen molar-refractivity contribution >= 4 is 23.0 Å². The zero-order chi connectivity index (χ0) is 17.6. The van der Waals surface area contributed by atoms with Gasteiger partial charge in [-0.3, -0.25) is 0 Å². The van der Waals surface area contributed by atoms with Gasteiger partial charge in [0.2, 0.25) is 0 Å². The fraction of sp³-hybridized carbons (Fsp3) is 0.200. The molecule has 0 aliphatic heterocycles. The molecule has 3 aromatic rings.